The maximum atomic E-state index is 2.35. The summed E-state index contributed by atoms with van der Waals surface area (Å²) in [5, 5.41) is 3.26. The second-order valence-electron chi connectivity index (χ2n) is 6.38. The molecule has 0 saturated heterocycles. The highest BCUT2D eigenvalue weighted by Crippen LogP contribution is 2.13. The van der Waals surface area contributed by atoms with Crippen molar-refractivity contribution in [1.29, 1.82) is 0 Å². The van der Waals surface area contributed by atoms with Gasteiger partial charge >= 0.3 is 0 Å². The molecule has 0 amide bonds. The zero-order valence-corrected chi connectivity index (χ0v) is 15.5. The van der Waals surface area contributed by atoms with E-state index in [-0.39, 0.29) is 0 Å². The fraction of sp³-hybridized carbons (Fsp3) is 0.400. The van der Waals surface area contributed by atoms with Crippen molar-refractivity contribution in [3.8, 4) is 0 Å². The molecule has 2 rings (SSSR count). The molecular weight excluding hydrogens is 268 g/mol. The van der Waals surface area contributed by atoms with Gasteiger partial charge < -0.3 is 0 Å². The lowest BCUT2D eigenvalue weighted by molar-refractivity contribution is 1.31. The molecule has 0 atom stereocenters. The fourth-order valence-corrected chi connectivity index (χ4v) is 6.94. The highest BCUT2D eigenvalue weighted by atomic mass is 28.3. The smallest absolute Gasteiger partial charge is 0.0673 e. The summed E-state index contributed by atoms with van der Waals surface area (Å²) in [7, 11) is -0.692. The summed E-state index contributed by atoms with van der Waals surface area (Å²) in [6.45, 7) is 15.9. The van der Waals surface area contributed by atoms with E-state index in [2.05, 4.69) is 72.7 Å². The van der Waals surface area contributed by atoms with Gasteiger partial charge in [-0.1, -0.05) is 81.0 Å². The molecule has 0 N–H and O–H groups in total. The second kappa shape index (κ2) is 6.19. The van der Waals surface area contributed by atoms with Crippen LogP contribution in [0.3, 0.4) is 0 Å². The molecule has 111 valence electrons. The third-order valence-electron chi connectivity index (χ3n) is 4.31. The van der Waals surface area contributed by atoms with Crippen LogP contribution in [0.15, 0.2) is 24.3 Å². The average molecular weight is 296 g/mol. The van der Waals surface area contributed by atoms with E-state index in [9.17, 15) is 0 Å². The minimum atomic E-state index is -0.692. The van der Waals surface area contributed by atoms with E-state index in [1.807, 2.05) is 0 Å². The molecule has 0 fully saturated rings. The molecule has 0 aromatic heterocycles. The largest absolute Gasteiger partial charge is 0.122 e. The monoisotopic (exact) mass is 295 g/mol. The highest BCUT2D eigenvalue weighted by Gasteiger charge is 2.22. The Balaban J connectivity index is 2.66. The lowest BCUT2D eigenvalue weighted by Gasteiger charge is -2.23. The molecule has 0 heterocycles. The number of hydrogen-bond donors (Lipinski definition) is 0. The van der Waals surface area contributed by atoms with Crippen LogP contribution in [-0.4, -0.2) is 8.80 Å². The topological polar surface area (TPSA) is 0 Å². The van der Waals surface area contributed by atoms with Gasteiger partial charge in [0, 0.05) is 0 Å². The predicted octanol–water partition coefficient (Wildman–Crippen LogP) is 4.17. The van der Waals surface area contributed by atoms with Crippen molar-refractivity contribution in [2.45, 2.75) is 54.5 Å². The van der Waals surface area contributed by atoms with E-state index in [4.69, 9.17) is 0 Å². The summed E-state index contributed by atoms with van der Waals surface area (Å²) in [5.41, 5.74) is 8.66. The molecule has 2 aromatic rings. The van der Waals surface area contributed by atoms with Crippen LogP contribution in [0.1, 0.15) is 40.3 Å². The van der Waals surface area contributed by atoms with Crippen molar-refractivity contribution in [3.63, 3.8) is 0 Å². The van der Waals surface area contributed by atoms with Gasteiger partial charge in [-0.3, -0.25) is 0 Å². The van der Waals surface area contributed by atoms with E-state index < -0.39 is 8.80 Å². The molecule has 1 heteroatoms. The van der Waals surface area contributed by atoms with Gasteiger partial charge in [-0.15, -0.1) is 0 Å². The summed E-state index contributed by atoms with van der Waals surface area (Å²) in [5.74, 6) is 0. The third kappa shape index (κ3) is 3.13. The quantitative estimate of drug-likeness (QED) is 0.746. The Morgan fingerprint density at radius 3 is 1.14 bits per heavy atom. The van der Waals surface area contributed by atoms with Gasteiger partial charge in [0.1, 0.15) is 8.80 Å². The first-order chi connectivity index (χ1) is 9.85. The first-order valence-corrected chi connectivity index (χ1v) is 9.58. The van der Waals surface area contributed by atoms with Gasteiger partial charge in [0.25, 0.3) is 0 Å². The third-order valence-corrected chi connectivity index (χ3v) is 7.80. The van der Waals surface area contributed by atoms with Crippen LogP contribution in [0.2, 0.25) is 6.04 Å². The summed E-state index contributed by atoms with van der Waals surface area (Å²) in [6, 6.07) is 10.6. The van der Waals surface area contributed by atoms with Gasteiger partial charge in [0.15, 0.2) is 0 Å². The highest BCUT2D eigenvalue weighted by molar-refractivity contribution is 6.86. The summed E-state index contributed by atoms with van der Waals surface area (Å²) >= 11 is 0. The Labute approximate surface area is 131 Å². The summed E-state index contributed by atoms with van der Waals surface area (Å²) in [6.07, 6.45) is 0. The number of benzene rings is 2. The molecule has 0 bridgehead atoms. The lowest BCUT2D eigenvalue weighted by atomic mass is 10.1. The minimum absolute atomic E-state index is 0.692. The van der Waals surface area contributed by atoms with Crippen molar-refractivity contribution in [2.24, 2.45) is 0 Å². The van der Waals surface area contributed by atoms with Crippen molar-refractivity contribution >= 4 is 19.2 Å². The molecule has 0 saturated carbocycles. The van der Waals surface area contributed by atoms with Crippen LogP contribution >= 0.6 is 0 Å². The molecule has 2 aromatic carbocycles. The zero-order chi connectivity index (χ0) is 15.7. The second-order valence-corrected chi connectivity index (χ2v) is 9.04. The lowest BCUT2D eigenvalue weighted by Crippen LogP contribution is -2.46. The predicted molar refractivity (Wildman–Crippen MR) is 96.8 cm³/mol. The first kappa shape index (κ1) is 16.0. The normalized spacial score (nSPS) is 11.2. The molecule has 0 unspecified atom stereocenters. The Bertz CT molecular complexity index is 564. The van der Waals surface area contributed by atoms with Gasteiger partial charge in [0.2, 0.25) is 0 Å². The Morgan fingerprint density at radius 2 is 0.905 bits per heavy atom. The summed E-state index contributed by atoms with van der Waals surface area (Å²) < 4.78 is 0. The van der Waals surface area contributed by atoms with Crippen LogP contribution in [0.4, 0.5) is 0 Å². The molecular formula is C20H27Si. The van der Waals surface area contributed by atoms with Crippen LogP contribution in [0, 0.1) is 41.5 Å². The SMILES string of the molecule is CC[Si](c1c(C)cc(C)cc1C)c1c(C)cc(C)cc1C. The zero-order valence-electron chi connectivity index (χ0n) is 14.5. The van der Waals surface area contributed by atoms with E-state index in [1.54, 1.807) is 10.4 Å². The van der Waals surface area contributed by atoms with Crippen molar-refractivity contribution in [1.82, 2.24) is 0 Å². The Hall–Kier alpha value is -1.34. The van der Waals surface area contributed by atoms with Crippen LogP contribution in [0.5, 0.6) is 0 Å². The van der Waals surface area contributed by atoms with Gasteiger partial charge in [-0.05, 0) is 41.5 Å². The molecule has 0 aliphatic rings. The number of rotatable bonds is 3. The van der Waals surface area contributed by atoms with E-state index in [0.29, 0.717) is 0 Å². The van der Waals surface area contributed by atoms with E-state index in [1.165, 1.54) is 39.4 Å². The van der Waals surface area contributed by atoms with Gasteiger partial charge in [-0.25, -0.2) is 0 Å². The summed E-state index contributed by atoms with van der Waals surface area (Å²) in [4.78, 5) is 0. The maximum Gasteiger partial charge on any atom is 0.122 e. The molecule has 21 heavy (non-hydrogen) atoms. The van der Waals surface area contributed by atoms with Gasteiger partial charge in [0.05, 0.1) is 0 Å². The number of hydrogen-bond acceptors (Lipinski definition) is 0. The van der Waals surface area contributed by atoms with Crippen molar-refractivity contribution in [2.75, 3.05) is 0 Å². The molecule has 1 radical (unpaired) electrons. The first-order valence-electron chi connectivity index (χ1n) is 7.87. The fourth-order valence-electron chi connectivity index (χ4n) is 3.79. The van der Waals surface area contributed by atoms with Gasteiger partial charge in [-0.2, -0.15) is 0 Å². The molecule has 0 aliphatic carbocycles. The van der Waals surface area contributed by atoms with Crippen molar-refractivity contribution in [3.05, 3.63) is 57.6 Å². The maximum absolute atomic E-state index is 2.35. The van der Waals surface area contributed by atoms with Crippen LogP contribution < -0.4 is 10.4 Å². The molecule has 0 spiro atoms. The molecule has 0 aliphatic heterocycles. The standard InChI is InChI=1S/C20H27Si/c1-8-21(19-15(4)9-13(2)10-16(19)5)20-17(6)11-14(3)12-18(20)7/h9-12H,8H2,1-7H3. The van der Waals surface area contributed by atoms with Crippen LogP contribution in [-0.2, 0) is 0 Å². The minimum Gasteiger partial charge on any atom is -0.0673 e. The number of aryl methyl sites for hydroxylation is 6. The van der Waals surface area contributed by atoms with E-state index in [0.717, 1.165) is 0 Å². The van der Waals surface area contributed by atoms with Crippen LogP contribution in [0.25, 0.3) is 0 Å². The van der Waals surface area contributed by atoms with E-state index >= 15 is 0 Å². The Kier molecular flexibility index (Phi) is 4.73. The molecule has 0 nitrogen and oxygen atoms in total. The Morgan fingerprint density at radius 1 is 0.619 bits per heavy atom. The van der Waals surface area contributed by atoms with Crippen molar-refractivity contribution < 1.29 is 0 Å². The average Bonchev–Trinajstić information content (AvgIpc) is 2.34.